The standard InChI is InChI=1S/C28H28ClN3O5/c1-36-25(35)12-16-2-4-17(5-3-16)18-6-8-19(9-7-18)26-22(29)14-23-27(31-26)32-28(30-23)37-21-11-10-20(15-33)24(34)13-21/h2-9,14,20-21,24,33-34H,10-13,15H2,1H3,(H,30,31,32)/t20-,21+,24+/m1/s1. The summed E-state index contributed by atoms with van der Waals surface area (Å²) in [7, 11) is 1.38. The zero-order valence-electron chi connectivity index (χ0n) is 20.4. The number of halogens is 1. The fourth-order valence-electron chi connectivity index (χ4n) is 4.68. The van der Waals surface area contributed by atoms with Crippen LogP contribution in [0, 0.1) is 5.92 Å². The topological polar surface area (TPSA) is 118 Å². The number of aliphatic hydroxyl groups is 2. The third kappa shape index (κ3) is 5.61. The summed E-state index contributed by atoms with van der Waals surface area (Å²) in [5.74, 6) is -0.367. The predicted molar refractivity (Wildman–Crippen MR) is 140 cm³/mol. The number of ether oxygens (including phenoxy) is 2. The van der Waals surface area contributed by atoms with Crippen LogP contribution in [-0.2, 0) is 16.0 Å². The van der Waals surface area contributed by atoms with E-state index in [1.165, 1.54) is 7.11 Å². The molecule has 0 unspecified atom stereocenters. The Balaban J connectivity index is 1.31. The summed E-state index contributed by atoms with van der Waals surface area (Å²) in [5.41, 5.74) is 5.58. The summed E-state index contributed by atoms with van der Waals surface area (Å²) in [4.78, 5) is 23.7. The molecule has 2 aromatic carbocycles. The minimum atomic E-state index is -0.590. The molecule has 9 heteroatoms. The van der Waals surface area contributed by atoms with Gasteiger partial charge < -0.3 is 24.7 Å². The maximum atomic E-state index is 11.5. The number of carbonyl (C=O) groups excluding carboxylic acids is 1. The summed E-state index contributed by atoms with van der Waals surface area (Å²) in [6.45, 7) is -0.0198. The number of imidazole rings is 1. The lowest BCUT2D eigenvalue weighted by atomic mass is 9.85. The predicted octanol–water partition coefficient (Wildman–Crippen LogP) is 4.56. The monoisotopic (exact) mass is 521 g/mol. The van der Waals surface area contributed by atoms with E-state index in [4.69, 9.17) is 21.1 Å². The van der Waals surface area contributed by atoms with E-state index in [0.717, 1.165) is 28.7 Å². The number of aromatic amines is 1. The van der Waals surface area contributed by atoms with Gasteiger partial charge in [-0.05, 0) is 35.6 Å². The van der Waals surface area contributed by atoms with Gasteiger partial charge in [-0.15, -0.1) is 0 Å². The number of nitrogens with zero attached hydrogens (tertiary/aromatic N) is 2. The van der Waals surface area contributed by atoms with Crippen molar-refractivity contribution in [2.75, 3.05) is 13.7 Å². The lowest BCUT2D eigenvalue weighted by molar-refractivity contribution is -0.139. The van der Waals surface area contributed by atoms with Gasteiger partial charge in [0.2, 0.25) is 0 Å². The number of carbonyl (C=O) groups is 1. The lowest BCUT2D eigenvalue weighted by Crippen LogP contribution is -2.36. The Kier molecular flexibility index (Phi) is 7.41. The first kappa shape index (κ1) is 25.2. The Morgan fingerprint density at radius 1 is 1.05 bits per heavy atom. The first-order valence-electron chi connectivity index (χ1n) is 12.2. The zero-order chi connectivity index (χ0) is 25.9. The molecule has 0 aliphatic heterocycles. The number of aliphatic hydroxyl groups excluding tert-OH is 2. The molecule has 0 bridgehead atoms. The highest BCUT2D eigenvalue weighted by Crippen LogP contribution is 2.32. The molecule has 192 valence electrons. The minimum Gasteiger partial charge on any atom is -0.469 e. The summed E-state index contributed by atoms with van der Waals surface area (Å²) in [6.07, 6.45) is 1.35. The van der Waals surface area contributed by atoms with Crippen molar-refractivity contribution in [3.63, 3.8) is 0 Å². The van der Waals surface area contributed by atoms with Gasteiger partial charge in [0.25, 0.3) is 6.01 Å². The number of nitrogens with one attached hydrogen (secondary N) is 1. The van der Waals surface area contributed by atoms with Crippen LogP contribution in [0.25, 0.3) is 33.5 Å². The van der Waals surface area contributed by atoms with Gasteiger partial charge in [0.05, 0.1) is 35.9 Å². The number of esters is 1. The molecule has 0 amide bonds. The summed E-state index contributed by atoms with van der Waals surface area (Å²) < 4.78 is 10.7. The Morgan fingerprint density at radius 3 is 2.38 bits per heavy atom. The van der Waals surface area contributed by atoms with E-state index in [0.29, 0.717) is 40.7 Å². The fourth-order valence-corrected chi connectivity index (χ4v) is 4.94. The van der Waals surface area contributed by atoms with Crippen molar-refractivity contribution in [3.05, 3.63) is 65.2 Å². The highest BCUT2D eigenvalue weighted by atomic mass is 35.5. The van der Waals surface area contributed by atoms with Gasteiger partial charge in [0, 0.05) is 24.5 Å². The number of aromatic nitrogens is 3. The summed E-state index contributed by atoms with van der Waals surface area (Å²) >= 11 is 6.57. The molecule has 1 fully saturated rings. The van der Waals surface area contributed by atoms with Crippen LogP contribution in [-0.4, -0.2) is 57.1 Å². The Hall–Kier alpha value is -3.46. The largest absolute Gasteiger partial charge is 0.469 e. The molecule has 8 nitrogen and oxygen atoms in total. The normalized spacial score (nSPS) is 19.6. The van der Waals surface area contributed by atoms with E-state index < -0.39 is 6.10 Å². The lowest BCUT2D eigenvalue weighted by Gasteiger charge is -2.31. The van der Waals surface area contributed by atoms with Crippen molar-refractivity contribution in [3.8, 4) is 28.4 Å². The van der Waals surface area contributed by atoms with Crippen LogP contribution in [0.15, 0.2) is 54.6 Å². The van der Waals surface area contributed by atoms with Crippen molar-refractivity contribution in [2.45, 2.75) is 37.9 Å². The third-order valence-electron chi connectivity index (χ3n) is 6.85. The second kappa shape index (κ2) is 10.9. The smallest absolute Gasteiger partial charge is 0.309 e. The number of hydrogen-bond donors (Lipinski definition) is 3. The number of hydrogen-bond acceptors (Lipinski definition) is 7. The molecule has 1 saturated carbocycles. The van der Waals surface area contributed by atoms with Gasteiger partial charge in [-0.1, -0.05) is 60.1 Å². The molecule has 1 aliphatic carbocycles. The number of fused-ring (bicyclic) bond motifs is 1. The number of rotatable bonds is 7. The van der Waals surface area contributed by atoms with E-state index in [1.807, 2.05) is 48.5 Å². The SMILES string of the molecule is COC(=O)Cc1ccc(-c2ccc(-c3nc4nc(O[C@H]5CC[C@H](CO)[C@@H](O)C5)[nH]c4cc3Cl)cc2)cc1. The Bertz CT molecular complexity index is 1390. The van der Waals surface area contributed by atoms with Gasteiger partial charge >= 0.3 is 5.97 Å². The fraction of sp³-hybridized carbons (Fsp3) is 0.321. The molecule has 3 N–H and O–H groups in total. The van der Waals surface area contributed by atoms with Gasteiger partial charge in [0.15, 0.2) is 5.65 Å². The number of H-pyrrole nitrogens is 1. The molecule has 0 saturated heterocycles. The quantitative estimate of drug-likeness (QED) is 0.305. The van der Waals surface area contributed by atoms with Crippen molar-refractivity contribution in [2.24, 2.45) is 5.92 Å². The third-order valence-corrected chi connectivity index (χ3v) is 7.14. The highest BCUT2D eigenvalue weighted by molar-refractivity contribution is 6.33. The first-order chi connectivity index (χ1) is 17.9. The van der Waals surface area contributed by atoms with Gasteiger partial charge in [-0.3, -0.25) is 4.79 Å². The number of benzene rings is 2. The molecule has 0 spiro atoms. The van der Waals surface area contributed by atoms with Crippen LogP contribution in [0.3, 0.4) is 0 Å². The number of pyridine rings is 1. The molecule has 37 heavy (non-hydrogen) atoms. The second-order valence-electron chi connectivity index (χ2n) is 9.32. The average molecular weight is 522 g/mol. The van der Waals surface area contributed by atoms with E-state index in [-0.39, 0.29) is 31.0 Å². The van der Waals surface area contributed by atoms with Crippen LogP contribution in [0.4, 0.5) is 0 Å². The molecular formula is C28H28ClN3O5. The van der Waals surface area contributed by atoms with Gasteiger partial charge in [-0.25, -0.2) is 4.98 Å². The van der Waals surface area contributed by atoms with Crippen LogP contribution < -0.4 is 4.74 Å². The molecule has 5 rings (SSSR count). The number of methoxy groups -OCH3 is 1. The zero-order valence-corrected chi connectivity index (χ0v) is 21.1. The molecule has 2 aromatic heterocycles. The van der Waals surface area contributed by atoms with E-state index in [2.05, 4.69) is 15.0 Å². The molecule has 3 atom stereocenters. The first-order valence-corrected chi connectivity index (χ1v) is 12.6. The maximum absolute atomic E-state index is 11.5. The second-order valence-corrected chi connectivity index (χ2v) is 9.73. The van der Waals surface area contributed by atoms with Gasteiger partial charge in [0.1, 0.15) is 6.10 Å². The summed E-state index contributed by atoms with van der Waals surface area (Å²) in [5, 5.41) is 20.0. The Morgan fingerprint density at radius 2 is 1.73 bits per heavy atom. The van der Waals surface area contributed by atoms with Crippen LogP contribution in [0.2, 0.25) is 5.02 Å². The molecule has 2 heterocycles. The maximum Gasteiger partial charge on any atom is 0.309 e. The average Bonchev–Trinajstić information content (AvgIpc) is 3.29. The van der Waals surface area contributed by atoms with Crippen LogP contribution in [0.5, 0.6) is 6.01 Å². The van der Waals surface area contributed by atoms with Gasteiger partial charge in [-0.2, -0.15) is 4.98 Å². The van der Waals surface area contributed by atoms with Crippen LogP contribution >= 0.6 is 11.6 Å². The molecular weight excluding hydrogens is 494 g/mol. The summed E-state index contributed by atoms with van der Waals surface area (Å²) in [6, 6.07) is 17.8. The highest BCUT2D eigenvalue weighted by Gasteiger charge is 2.30. The molecule has 0 radical (unpaired) electrons. The molecule has 1 aliphatic rings. The van der Waals surface area contributed by atoms with Crippen molar-refractivity contribution in [1.82, 2.24) is 15.0 Å². The van der Waals surface area contributed by atoms with Crippen molar-refractivity contribution < 1.29 is 24.5 Å². The molecule has 4 aromatic rings. The van der Waals surface area contributed by atoms with Crippen molar-refractivity contribution in [1.29, 1.82) is 0 Å². The van der Waals surface area contributed by atoms with E-state index >= 15 is 0 Å². The minimum absolute atomic E-state index is 0.0198. The van der Waals surface area contributed by atoms with E-state index in [1.54, 1.807) is 6.07 Å². The Labute approximate surface area is 219 Å². The van der Waals surface area contributed by atoms with Crippen LogP contribution in [0.1, 0.15) is 24.8 Å². The van der Waals surface area contributed by atoms with E-state index in [9.17, 15) is 15.0 Å². The van der Waals surface area contributed by atoms with Crippen molar-refractivity contribution >= 4 is 28.7 Å².